The molecule has 0 radical (unpaired) electrons. The molecule has 24 heavy (non-hydrogen) atoms. The molecular weight excluding hydrogens is 417 g/mol. The molecule has 0 spiro atoms. The first kappa shape index (κ1) is 26.4. The number of hydrogen-bond acceptors (Lipinski definition) is 4. The average molecular weight is 418 g/mol. The zero-order chi connectivity index (χ0) is 19.1. The van der Waals surface area contributed by atoms with Crippen LogP contribution < -0.4 is 56.5 Å². The van der Waals surface area contributed by atoms with Gasteiger partial charge in [0.2, 0.25) is 0 Å². The van der Waals surface area contributed by atoms with Crippen molar-refractivity contribution < 1.29 is 123 Å². The van der Waals surface area contributed by atoms with Crippen LogP contribution in [0, 0.1) is 0 Å². The first-order valence-electron chi connectivity index (χ1n) is 4.59. The Kier molecular flexibility index (Phi) is 8.61. The molecule has 1 unspecified atom stereocenters. The maximum absolute atomic E-state index is 12.6. The van der Waals surface area contributed by atoms with Gasteiger partial charge in [-0.1, -0.05) is 0 Å². The van der Waals surface area contributed by atoms with Crippen molar-refractivity contribution in [1.29, 1.82) is 0 Å². The fourth-order valence-corrected chi connectivity index (χ4v) is 0.749. The van der Waals surface area contributed by atoms with E-state index in [2.05, 4.69) is 0 Å². The Balaban J connectivity index is 0. The third-order valence-electron chi connectivity index (χ3n) is 1.78. The molecule has 0 bridgehead atoms. The maximum atomic E-state index is 12.6. The number of rotatable bonds is 7. The van der Waals surface area contributed by atoms with Crippen molar-refractivity contribution >= 4 is 5.97 Å². The number of carbonyl (C=O) groups is 1. The quantitative estimate of drug-likeness (QED) is 0.395. The van der Waals surface area contributed by atoms with Crippen LogP contribution in [0.15, 0.2) is 0 Å². The van der Waals surface area contributed by atoms with Crippen LogP contribution in [-0.2, 0) is 14.3 Å². The van der Waals surface area contributed by atoms with Gasteiger partial charge in [0.15, 0.2) is 0 Å². The van der Waals surface area contributed by atoms with E-state index in [1.165, 1.54) is 4.74 Å². The third kappa shape index (κ3) is 5.87. The van der Waals surface area contributed by atoms with Gasteiger partial charge in [0.05, 0.1) is 0 Å². The first-order chi connectivity index (χ1) is 9.78. The van der Waals surface area contributed by atoms with Crippen LogP contribution >= 0.6 is 0 Å². The molecule has 17 heteroatoms. The summed E-state index contributed by atoms with van der Waals surface area (Å²) < 4.78 is 150. The number of alkyl halides is 12. The van der Waals surface area contributed by atoms with E-state index >= 15 is 0 Å². The normalized spacial score (nSPS) is 15.7. The van der Waals surface area contributed by atoms with Crippen molar-refractivity contribution in [1.82, 2.24) is 0 Å². The molecule has 138 valence electrons. The standard InChI is InChI=1S/C7H2F12O4.K/c8-1(3(9,10)2(20)21)22-5(13,14)4(11,12)6(15,16)23-7(17,18)19;/h1H,(H,20,21);/q;+1/p-1/i2+2;. The number of halogens is 12. The molecule has 0 saturated carbocycles. The fourth-order valence-electron chi connectivity index (χ4n) is 0.749. The van der Waals surface area contributed by atoms with Crippen molar-refractivity contribution in [2.24, 2.45) is 0 Å². The van der Waals surface area contributed by atoms with E-state index in [4.69, 9.17) is 0 Å². The smallest absolute Gasteiger partial charge is 0.544 e. The molecule has 0 rings (SSSR count). The van der Waals surface area contributed by atoms with E-state index in [0.717, 1.165) is 0 Å². The first-order valence-corrected chi connectivity index (χ1v) is 4.59. The minimum absolute atomic E-state index is 0. The van der Waals surface area contributed by atoms with E-state index in [9.17, 15) is 62.6 Å². The van der Waals surface area contributed by atoms with Crippen LogP contribution in [0.4, 0.5) is 52.7 Å². The van der Waals surface area contributed by atoms with Gasteiger partial charge in [-0.2, -0.15) is 35.1 Å². The Bertz CT molecular complexity index is 449. The van der Waals surface area contributed by atoms with Gasteiger partial charge < -0.3 is 9.90 Å². The summed E-state index contributed by atoms with van der Waals surface area (Å²) in [6.45, 7) is 0. The Morgan fingerprint density at radius 1 is 0.833 bits per heavy atom. The molecule has 0 heterocycles. The molecule has 0 aromatic heterocycles. The van der Waals surface area contributed by atoms with Crippen LogP contribution in [0.3, 0.4) is 0 Å². The second kappa shape index (κ2) is 7.83. The zero-order valence-corrected chi connectivity index (χ0v) is 13.9. The molecule has 0 aliphatic carbocycles. The van der Waals surface area contributed by atoms with E-state index < -0.39 is 42.8 Å². The van der Waals surface area contributed by atoms with E-state index in [-0.39, 0.29) is 51.4 Å². The van der Waals surface area contributed by atoms with Gasteiger partial charge in [-0.3, -0.25) is 4.74 Å². The molecule has 0 aliphatic heterocycles. The monoisotopic (exact) mass is 418 g/mol. The number of carbonyl (C=O) groups excluding carboxylic acids is 1. The SMILES string of the molecule is O=[14C]([O-])C(F)(F)C(F)OC(F)(F)C(F)(F)C(F)(F)OC(F)(F)F.[K+]. The van der Waals surface area contributed by atoms with Crippen LogP contribution in [-0.4, -0.2) is 42.8 Å². The molecule has 4 nitrogen and oxygen atoms in total. The number of hydrogen-bond donors (Lipinski definition) is 0. The predicted molar refractivity (Wildman–Crippen MR) is 37.9 cm³/mol. The molecule has 0 aromatic carbocycles. The fraction of sp³-hybridized carbons (Fsp3) is 0.857. The second-order valence-electron chi connectivity index (χ2n) is 3.50. The summed E-state index contributed by atoms with van der Waals surface area (Å²) in [6, 6.07) is 0. The second-order valence-corrected chi connectivity index (χ2v) is 3.50. The molecule has 1 atom stereocenters. The molecule has 0 aromatic rings. The molecule has 0 amide bonds. The molecule has 0 saturated heterocycles. The van der Waals surface area contributed by atoms with Crippen LogP contribution in [0.1, 0.15) is 0 Å². The van der Waals surface area contributed by atoms with E-state index in [0.29, 0.717) is 0 Å². The van der Waals surface area contributed by atoms with Gasteiger partial charge in [0.1, 0.15) is 5.97 Å². The number of carboxylic acid groups (broad SMARTS) is 1. The molecular formula is C7HF12KO4. The van der Waals surface area contributed by atoms with E-state index in [1.807, 2.05) is 4.74 Å². The molecule has 0 fully saturated rings. The summed E-state index contributed by atoms with van der Waals surface area (Å²) >= 11 is 0. The number of carboxylic acids is 1. The Morgan fingerprint density at radius 3 is 1.50 bits per heavy atom. The van der Waals surface area contributed by atoms with Gasteiger partial charge in [0.25, 0.3) is 6.36 Å². The minimum atomic E-state index is -7.33. The molecule has 0 N–H and O–H groups in total. The third-order valence-corrected chi connectivity index (χ3v) is 1.78. The minimum Gasteiger partial charge on any atom is -0.544 e. The summed E-state index contributed by atoms with van der Waals surface area (Å²) in [5.74, 6) is -17.1. The van der Waals surface area contributed by atoms with E-state index in [1.54, 1.807) is 0 Å². The summed E-state index contributed by atoms with van der Waals surface area (Å²) in [4.78, 5) is 9.65. The Morgan fingerprint density at radius 2 is 1.21 bits per heavy atom. The van der Waals surface area contributed by atoms with Gasteiger partial charge in [-0.05, 0) is 0 Å². The van der Waals surface area contributed by atoms with Crippen molar-refractivity contribution in [3.8, 4) is 0 Å². The summed E-state index contributed by atoms with van der Waals surface area (Å²) in [5, 5.41) is 9.65. The van der Waals surface area contributed by atoms with Crippen molar-refractivity contribution in [2.45, 2.75) is 36.8 Å². The summed E-state index contributed by atoms with van der Waals surface area (Å²) in [5.41, 5.74) is 0. The zero-order valence-electron chi connectivity index (χ0n) is 10.7. The topological polar surface area (TPSA) is 58.6 Å². The summed E-state index contributed by atoms with van der Waals surface area (Å²) in [7, 11) is 0. The predicted octanol–water partition coefficient (Wildman–Crippen LogP) is -0.955. The van der Waals surface area contributed by atoms with Crippen molar-refractivity contribution in [3.63, 3.8) is 0 Å². The van der Waals surface area contributed by atoms with Gasteiger partial charge in [-0.25, -0.2) is 9.13 Å². The molecule has 0 aliphatic rings. The maximum Gasteiger partial charge on any atom is 1.00 e. The number of aliphatic carboxylic acids is 1. The van der Waals surface area contributed by atoms with Gasteiger partial charge in [0, 0.05) is 0 Å². The van der Waals surface area contributed by atoms with Crippen molar-refractivity contribution in [3.05, 3.63) is 0 Å². The largest absolute Gasteiger partial charge is 1.00 e. The van der Waals surface area contributed by atoms with Crippen LogP contribution in [0.5, 0.6) is 0 Å². The summed E-state index contributed by atoms with van der Waals surface area (Å²) in [6.07, 6.45) is -25.9. The van der Waals surface area contributed by atoms with Crippen molar-refractivity contribution in [2.75, 3.05) is 0 Å². The van der Waals surface area contributed by atoms with Crippen LogP contribution in [0.2, 0.25) is 0 Å². The van der Waals surface area contributed by atoms with Gasteiger partial charge >= 0.3 is 81.8 Å². The Hall–Kier alpha value is 0.186. The number of ether oxygens (including phenoxy) is 2. The van der Waals surface area contributed by atoms with Gasteiger partial charge in [-0.15, -0.1) is 13.2 Å². The van der Waals surface area contributed by atoms with Crippen LogP contribution in [0.25, 0.3) is 0 Å². The average Bonchev–Trinajstić information content (AvgIpc) is 2.23. The Labute approximate surface area is 165 Å².